The Balaban J connectivity index is 1.66. The molecule has 0 atom stereocenters. The topological polar surface area (TPSA) is 63.2 Å². The van der Waals surface area contributed by atoms with Gasteiger partial charge in [0.25, 0.3) is 5.56 Å². The van der Waals surface area contributed by atoms with Gasteiger partial charge in [0, 0.05) is 30.7 Å². The summed E-state index contributed by atoms with van der Waals surface area (Å²) >= 11 is 0. The summed E-state index contributed by atoms with van der Waals surface area (Å²) in [5.74, 6) is 0. The number of ether oxygens (including phenoxy) is 1. The highest BCUT2D eigenvalue weighted by atomic mass is 16.5. The molecule has 4 aromatic rings. The second-order valence-electron chi connectivity index (χ2n) is 7.09. The minimum absolute atomic E-state index is 0.00188. The van der Waals surface area contributed by atoms with E-state index >= 15 is 0 Å². The smallest absolute Gasteiger partial charge is 0.262 e. The lowest BCUT2D eigenvalue weighted by Crippen LogP contribution is -2.36. The number of hydrogen-bond acceptors (Lipinski definition) is 4. The lowest BCUT2D eigenvalue weighted by atomic mass is 10.0. The molecule has 3 heterocycles. The van der Waals surface area contributed by atoms with Gasteiger partial charge in [0.2, 0.25) is 0 Å². The molecule has 0 bridgehead atoms. The maximum atomic E-state index is 12.8. The van der Waals surface area contributed by atoms with Crippen molar-refractivity contribution in [3.8, 4) is 11.1 Å². The van der Waals surface area contributed by atoms with E-state index in [0.29, 0.717) is 11.9 Å². The quantitative estimate of drug-likeness (QED) is 0.597. The number of benzene rings is 2. The van der Waals surface area contributed by atoms with Gasteiger partial charge in [-0.3, -0.25) is 9.89 Å². The molecule has 1 N–H and O–H groups in total. The fraction of sp³-hybridized carbons (Fsp3) is 0.273. The fourth-order valence-electron chi connectivity index (χ4n) is 4.07. The predicted octanol–water partition coefficient (Wildman–Crippen LogP) is 3.40. The van der Waals surface area contributed by atoms with Crippen LogP contribution < -0.4 is 10.5 Å². The minimum Gasteiger partial charge on any atom is -0.378 e. The first-order valence-electron chi connectivity index (χ1n) is 9.69. The van der Waals surface area contributed by atoms with Crippen LogP contribution in [0.5, 0.6) is 0 Å². The van der Waals surface area contributed by atoms with Crippen LogP contribution in [0.1, 0.15) is 6.92 Å². The standard InChI is InChI=1S/C22H22N4O2/c1-2-26-20-13-16(6-7-18(20)21-19(22(26)27)14-23-24-21)15-4-3-5-17(12-15)25-8-10-28-11-9-25/h3-7,12-14H,2,8-11H2,1H3,(H,23,24). The third-order valence-corrected chi connectivity index (χ3v) is 5.54. The van der Waals surface area contributed by atoms with Crippen molar-refractivity contribution in [2.45, 2.75) is 13.5 Å². The molecule has 0 aliphatic carbocycles. The number of aryl methyl sites for hydroxylation is 1. The van der Waals surface area contributed by atoms with E-state index in [1.807, 2.05) is 11.5 Å². The Bertz CT molecular complexity index is 1220. The summed E-state index contributed by atoms with van der Waals surface area (Å²) in [5, 5.41) is 8.71. The highest BCUT2D eigenvalue weighted by Gasteiger charge is 2.14. The van der Waals surface area contributed by atoms with Crippen LogP contribution in [0.4, 0.5) is 5.69 Å². The van der Waals surface area contributed by atoms with Gasteiger partial charge in [-0.1, -0.05) is 24.3 Å². The molecule has 5 rings (SSSR count). The number of anilines is 1. The van der Waals surface area contributed by atoms with E-state index in [-0.39, 0.29) is 5.56 Å². The molecule has 2 aromatic carbocycles. The van der Waals surface area contributed by atoms with Crippen LogP contribution in [0.2, 0.25) is 0 Å². The van der Waals surface area contributed by atoms with E-state index < -0.39 is 0 Å². The van der Waals surface area contributed by atoms with Crippen molar-refractivity contribution in [2.24, 2.45) is 0 Å². The van der Waals surface area contributed by atoms with Crippen LogP contribution in [0, 0.1) is 0 Å². The van der Waals surface area contributed by atoms with E-state index in [9.17, 15) is 4.79 Å². The van der Waals surface area contributed by atoms with E-state index in [0.717, 1.165) is 53.8 Å². The average molecular weight is 374 g/mol. The second kappa shape index (κ2) is 6.80. The zero-order chi connectivity index (χ0) is 19.1. The first kappa shape index (κ1) is 17.0. The van der Waals surface area contributed by atoms with E-state index in [1.165, 1.54) is 5.69 Å². The van der Waals surface area contributed by atoms with Gasteiger partial charge >= 0.3 is 0 Å². The number of rotatable bonds is 3. The monoisotopic (exact) mass is 374 g/mol. The molecule has 2 aromatic heterocycles. The number of pyridine rings is 1. The molecule has 1 saturated heterocycles. The molecule has 0 amide bonds. The Morgan fingerprint density at radius 2 is 1.89 bits per heavy atom. The Labute approximate surface area is 162 Å². The maximum absolute atomic E-state index is 12.8. The van der Waals surface area contributed by atoms with Gasteiger partial charge in [0.1, 0.15) is 0 Å². The van der Waals surface area contributed by atoms with Gasteiger partial charge in [-0.25, -0.2) is 0 Å². The highest BCUT2D eigenvalue weighted by molar-refractivity contribution is 6.04. The van der Waals surface area contributed by atoms with Gasteiger partial charge in [0.05, 0.1) is 35.8 Å². The van der Waals surface area contributed by atoms with Gasteiger partial charge in [-0.05, 0) is 36.2 Å². The third-order valence-electron chi connectivity index (χ3n) is 5.54. The summed E-state index contributed by atoms with van der Waals surface area (Å²) in [6, 6.07) is 14.9. The molecule has 142 valence electrons. The molecule has 1 aliphatic rings. The van der Waals surface area contributed by atoms with Crippen LogP contribution >= 0.6 is 0 Å². The van der Waals surface area contributed by atoms with E-state index in [2.05, 4.69) is 57.6 Å². The van der Waals surface area contributed by atoms with Crippen LogP contribution in [0.3, 0.4) is 0 Å². The van der Waals surface area contributed by atoms with Crippen LogP contribution in [0.25, 0.3) is 32.9 Å². The Kier molecular flexibility index (Phi) is 4.13. The number of hydrogen-bond donors (Lipinski definition) is 1. The number of nitrogens with zero attached hydrogens (tertiary/aromatic N) is 3. The van der Waals surface area contributed by atoms with E-state index in [4.69, 9.17) is 4.74 Å². The van der Waals surface area contributed by atoms with Crippen LogP contribution in [0.15, 0.2) is 53.5 Å². The molecule has 6 nitrogen and oxygen atoms in total. The normalized spacial score (nSPS) is 14.8. The third kappa shape index (κ3) is 2.68. The van der Waals surface area contributed by atoms with Crippen molar-refractivity contribution in [2.75, 3.05) is 31.2 Å². The SMILES string of the molecule is CCn1c(=O)c2cn[nH]c2c2ccc(-c3cccc(N4CCOCC4)c3)cc21. The first-order chi connectivity index (χ1) is 13.8. The Hall–Kier alpha value is -3.12. The predicted molar refractivity (Wildman–Crippen MR) is 112 cm³/mol. The van der Waals surface area contributed by atoms with Crippen LogP contribution in [-0.2, 0) is 11.3 Å². The zero-order valence-corrected chi connectivity index (χ0v) is 15.8. The summed E-state index contributed by atoms with van der Waals surface area (Å²) in [6.07, 6.45) is 1.61. The number of nitrogens with one attached hydrogen (secondary N) is 1. The molecule has 0 spiro atoms. The van der Waals surface area contributed by atoms with Crippen molar-refractivity contribution in [1.29, 1.82) is 0 Å². The van der Waals surface area contributed by atoms with Crippen molar-refractivity contribution in [3.63, 3.8) is 0 Å². The Morgan fingerprint density at radius 1 is 1.07 bits per heavy atom. The van der Waals surface area contributed by atoms with Crippen molar-refractivity contribution in [3.05, 3.63) is 59.0 Å². The molecule has 1 aliphatic heterocycles. The molecule has 1 fully saturated rings. The van der Waals surface area contributed by atoms with Gasteiger partial charge in [-0.15, -0.1) is 0 Å². The molecule has 0 radical (unpaired) electrons. The number of morpholine rings is 1. The van der Waals surface area contributed by atoms with E-state index in [1.54, 1.807) is 6.20 Å². The van der Waals surface area contributed by atoms with Crippen molar-refractivity contribution in [1.82, 2.24) is 14.8 Å². The molecular weight excluding hydrogens is 352 g/mol. The molecule has 28 heavy (non-hydrogen) atoms. The van der Waals surface area contributed by atoms with Gasteiger partial charge in [0.15, 0.2) is 0 Å². The highest BCUT2D eigenvalue weighted by Crippen LogP contribution is 2.29. The lowest BCUT2D eigenvalue weighted by Gasteiger charge is -2.29. The molecule has 0 unspecified atom stereocenters. The Morgan fingerprint density at radius 3 is 2.71 bits per heavy atom. The average Bonchev–Trinajstić information content (AvgIpc) is 3.25. The summed E-state index contributed by atoms with van der Waals surface area (Å²) < 4.78 is 7.29. The number of aromatic nitrogens is 3. The summed E-state index contributed by atoms with van der Waals surface area (Å²) in [5.41, 5.74) is 5.18. The number of fused-ring (bicyclic) bond motifs is 3. The summed E-state index contributed by atoms with van der Waals surface area (Å²) in [4.78, 5) is 15.2. The molecule has 6 heteroatoms. The summed E-state index contributed by atoms with van der Waals surface area (Å²) in [6.45, 7) is 5.97. The fourth-order valence-corrected chi connectivity index (χ4v) is 4.07. The van der Waals surface area contributed by atoms with Gasteiger partial charge in [-0.2, -0.15) is 5.10 Å². The van der Waals surface area contributed by atoms with Crippen molar-refractivity contribution >= 4 is 27.5 Å². The number of aromatic amines is 1. The first-order valence-corrected chi connectivity index (χ1v) is 9.69. The number of H-pyrrole nitrogens is 1. The zero-order valence-electron chi connectivity index (χ0n) is 15.8. The van der Waals surface area contributed by atoms with Gasteiger partial charge < -0.3 is 14.2 Å². The maximum Gasteiger partial charge on any atom is 0.262 e. The van der Waals surface area contributed by atoms with Crippen LogP contribution in [-0.4, -0.2) is 41.1 Å². The second-order valence-corrected chi connectivity index (χ2v) is 7.09. The largest absolute Gasteiger partial charge is 0.378 e. The van der Waals surface area contributed by atoms with Crippen molar-refractivity contribution < 1.29 is 4.74 Å². The molecular formula is C22H22N4O2. The lowest BCUT2D eigenvalue weighted by molar-refractivity contribution is 0.122. The minimum atomic E-state index is -0.00188. The summed E-state index contributed by atoms with van der Waals surface area (Å²) in [7, 11) is 0. The molecule has 0 saturated carbocycles.